The molecular formula is C21H23N5O2. The number of nitrogens with zero attached hydrogens (tertiary/aromatic N) is 5. The van der Waals surface area contributed by atoms with E-state index in [4.69, 9.17) is 4.74 Å². The molecule has 1 fully saturated rings. The molecule has 7 heteroatoms. The van der Waals surface area contributed by atoms with Gasteiger partial charge in [-0.25, -0.2) is 9.48 Å². The lowest BCUT2D eigenvalue weighted by atomic mass is 10.1. The van der Waals surface area contributed by atoms with Gasteiger partial charge in [0, 0.05) is 24.8 Å². The molecule has 2 aromatic heterocycles. The molecule has 1 aliphatic heterocycles. The number of aromatic nitrogens is 4. The topological polar surface area (TPSA) is 73.1 Å². The molecule has 4 rings (SSSR count). The van der Waals surface area contributed by atoms with Crippen LogP contribution < -0.4 is 4.74 Å². The van der Waals surface area contributed by atoms with Gasteiger partial charge in [0.05, 0.1) is 17.9 Å². The Hall–Kier alpha value is -3.22. The predicted molar refractivity (Wildman–Crippen MR) is 105 cm³/mol. The molecule has 7 nitrogen and oxygen atoms in total. The van der Waals surface area contributed by atoms with E-state index in [0.29, 0.717) is 24.5 Å². The monoisotopic (exact) mass is 377 g/mol. The first-order chi connectivity index (χ1) is 13.6. The molecule has 0 radical (unpaired) electrons. The van der Waals surface area contributed by atoms with E-state index in [-0.39, 0.29) is 12.1 Å². The van der Waals surface area contributed by atoms with Gasteiger partial charge in [0.25, 0.3) is 0 Å². The van der Waals surface area contributed by atoms with Crippen LogP contribution in [0, 0.1) is 13.8 Å². The van der Waals surface area contributed by atoms with Gasteiger partial charge in [-0.3, -0.25) is 4.98 Å². The minimum absolute atomic E-state index is 0.232. The standard InChI is InChI=1S/C21H23N5O2/c1-15-5-7-17(8-6-15)19-14-26(24-23-19)18-9-12-25(13-10-18)21(27)28-20-4-3-11-22-16(20)2/h3-8,11,14,18H,9-10,12-13H2,1-2H3. The van der Waals surface area contributed by atoms with Crippen molar-refractivity contribution in [2.75, 3.05) is 13.1 Å². The molecular weight excluding hydrogens is 354 g/mol. The molecule has 144 valence electrons. The van der Waals surface area contributed by atoms with Crippen LogP contribution in [0.1, 0.15) is 30.1 Å². The Morgan fingerprint density at radius 1 is 1.11 bits per heavy atom. The molecule has 0 saturated carbocycles. The molecule has 0 aliphatic carbocycles. The first kappa shape index (κ1) is 18.2. The number of amides is 1. The van der Waals surface area contributed by atoms with Gasteiger partial charge in [-0.2, -0.15) is 0 Å². The van der Waals surface area contributed by atoms with E-state index in [1.807, 2.05) is 17.8 Å². The highest BCUT2D eigenvalue weighted by atomic mass is 16.6. The zero-order valence-electron chi connectivity index (χ0n) is 16.1. The quantitative estimate of drug-likeness (QED) is 0.694. The summed E-state index contributed by atoms with van der Waals surface area (Å²) in [5, 5.41) is 8.62. The summed E-state index contributed by atoms with van der Waals surface area (Å²) in [6.45, 7) is 5.14. The van der Waals surface area contributed by atoms with E-state index in [2.05, 4.69) is 46.5 Å². The highest BCUT2D eigenvalue weighted by Gasteiger charge is 2.26. The van der Waals surface area contributed by atoms with Crippen LogP contribution in [-0.2, 0) is 0 Å². The highest BCUT2D eigenvalue weighted by molar-refractivity contribution is 5.71. The van der Waals surface area contributed by atoms with E-state index in [9.17, 15) is 4.79 Å². The lowest BCUT2D eigenvalue weighted by Crippen LogP contribution is -2.40. The van der Waals surface area contributed by atoms with Crippen molar-refractivity contribution in [3.05, 3.63) is 60.0 Å². The number of hydrogen-bond acceptors (Lipinski definition) is 5. The molecule has 0 bridgehead atoms. The summed E-state index contributed by atoms with van der Waals surface area (Å²) < 4.78 is 7.41. The predicted octanol–water partition coefficient (Wildman–Crippen LogP) is 3.79. The van der Waals surface area contributed by atoms with E-state index in [1.165, 1.54) is 5.56 Å². The number of carbonyl (C=O) groups is 1. The molecule has 0 atom stereocenters. The Morgan fingerprint density at radius 3 is 2.57 bits per heavy atom. The smallest absolute Gasteiger partial charge is 0.408 e. The number of benzene rings is 1. The third-order valence-electron chi connectivity index (χ3n) is 5.11. The van der Waals surface area contributed by atoms with Crippen LogP contribution >= 0.6 is 0 Å². The largest absolute Gasteiger partial charge is 0.415 e. The van der Waals surface area contributed by atoms with Crippen molar-refractivity contribution in [1.29, 1.82) is 0 Å². The van der Waals surface area contributed by atoms with E-state index < -0.39 is 0 Å². The number of hydrogen-bond donors (Lipinski definition) is 0. The third kappa shape index (κ3) is 3.88. The number of ether oxygens (including phenoxy) is 1. The van der Waals surface area contributed by atoms with Crippen molar-refractivity contribution in [3.8, 4) is 17.0 Å². The van der Waals surface area contributed by atoms with Crippen molar-refractivity contribution in [2.45, 2.75) is 32.7 Å². The molecule has 28 heavy (non-hydrogen) atoms. The van der Waals surface area contributed by atoms with Crippen molar-refractivity contribution < 1.29 is 9.53 Å². The van der Waals surface area contributed by atoms with Crippen molar-refractivity contribution in [2.24, 2.45) is 0 Å². The van der Waals surface area contributed by atoms with E-state index in [0.717, 1.165) is 24.1 Å². The van der Waals surface area contributed by atoms with Crippen molar-refractivity contribution in [3.63, 3.8) is 0 Å². The normalized spacial score (nSPS) is 14.9. The zero-order valence-corrected chi connectivity index (χ0v) is 16.1. The number of rotatable bonds is 3. The summed E-state index contributed by atoms with van der Waals surface area (Å²) in [6, 6.07) is 12.0. The Balaban J connectivity index is 1.36. The van der Waals surface area contributed by atoms with Crippen LogP contribution in [0.4, 0.5) is 4.79 Å². The fraction of sp³-hybridized carbons (Fsp3) is 0.333. The summed E-state index contributed by atoms with van der Waals surface area (Å²) in [6.07, 6.45) is 4.98. The fourth-order valence-corrected chi connectivity index (χ4v) is 3.36. The molecule has 0 spiro atoms. The average Bonchev–Trinajstić information content (AvgIpc) is 3.20. The molecule has 0 unspecified atom stereocenters. The SMILES string of the molecule is Cc1ccc(-c2cn(C3CCN(C(=O)Oc4cccnc4C)CC3)nn2)cc1. The van der Waals surface area contributed by atoms with Gasteiger partial charge in [0.15, 0.2) is 5.75 Å². The number of pyridine rings is 1. The zero-order chi connectivity index (χ0) is 19.5. The molecule has 1 amide bonds. The maximum absolute atomic E-state index is 12.4. The van der Waals surface area contributed by atoms with Crippen LogP contribution in [0.15, 0.2) is 48.8 Å². The Labute approximate surface area is 164 Å². The van der Waals surface area contributed by atoms with Gasteiger partial charge in [-0.1, -0.05) is 35.0 Å². The second-order valence-corrected chi connectivity index (χ2v) is 7.12. The van der Waals surface area contributed by atoms with E-state index >= 15 is 0 Å². The van der Waals surface area contributed by atoms with Gasteiger partial charge in [0.2, 0.25) is 0 Å². The maximum atomic E-state index is 12.4. The van der Waals surface area contributed by atoms with Crippen molar-refractivity contribution in [1.82, 2.24) is 24.9 Å². The molecule has 1 saturated heterocycles. The average molecular weight is 377 g/mol. The molecule has 1 aromatic carbocycles. The third-order valence-corrected chi connectivity index (χ3v) is 5.11. The Morgan fingerprint density at radius 2 is 1.86 bits per heavy atom. The molecule has 1 aliphatic rings. The van der Waals surface area contributed by atoms with Crippen LogP contribution in [0.2, 0.25) is 0 Å². The first-order valence-electron chi connectivity index (χ1n) is 9.47. The second kappa shape index (κ2) is 7.80. The van der Waals surface area contributed by atoms with Crippen molar-refractivity contribution >= 4 is 6.09 Å². The van der Waals surface area contributed by atoms with Crippen LogP contribution in [0.3, 0.4) is 0 Å². The molecule has 3 aromatic rings. The fourth-order valence-electron chi connectivity index (χ4n) is 3.36. The minimum atomic E-state index is -0.325. The van der Waals surface area contributed by atoms with Gasteiger partial charge < -0.3 is 9.64 Å². The summed E-state index contributed by atoms with van der Waals surface area (Å²) in [7, 11) is 0. The number of likely N-dealkylation sites (tertiary alicyclic amines) is 1. The summed E-state index contributed by atoms with van der Waals surface area (Å²) in [5.74, 6) is 0.508. The van der Waals surface area contributed by atoms with Gasteiger partial charge in [0.1, 0.15) is 5.69 Å². The number of piperidine rings is 1. The summed E-state index contributed by atoms with van der Waals surface area (Å²) in [4.78, 5) is 18.3. The summed E-state index contributed by atoms with van der Waals surface area (Å²) in [5.41, 5.74) is 3.85. The van der Waals surface area contributed by atoms with Crippen LogP contribution in [0.5, 0.6) is 5.75 Å². The minimum Gasteiger partial charge on any atom is -0.408 e. The lowest BCUT2D eigenvalue weighted by Gasteiger charge is -2.31. The van der Waals surface area contributed by atoms with Gasteiger partial charge in [-0.05, 0) is 38.8 Å². The first-order valence-corrected chi connectivity index (χ1v) is 9.47. The van der Waals surface area contributed by atoms with Gasteiger partial charge >= 0.3 is 6.09 Å². The summed E-state index contributed by atoms with van der Waals surface area (Å²) >= 11 is 0. The van der Waals surface area contributed by atoms with Crippen LogP contribution in [0.25, 0.3) is 11.3 Å². The Kier molecular flexibility index (Phi) is 5.06. The number of carbonyl (C=O) groups excluding carboxylic acids is 1. The number of aryl methyl sites for hydroxylation is 2. The highest BCUT2D eigenvalue weighted by Crippen LogP contribution is 2.25. The molecule has 3 heterocycles. The molecule has 0 N–H and O–H groups in total. The Bertz CT molecular complexity index is 959. The van der Waals surface area contributed by atoms with E-state index in [1.54, 1.807) is 23.2 Å². The maximum Gasteiger partial charge on any atom is 0.415 e. The lowest BCUT2D eigenvalue weighted by molar-refractivity contribution is 0.129. The second-order valence-electron chi connectivity index (χ2n) is 7.12. The van der Waals surface area contributed by atoms with Gasteiger partial charge in [-0.15, -0.1) is 5.10 Å². The van der Waals surface area contributed by atoms with Crippen LogP contribution in [-0.4, -0.2) is 44.1 Å².